The average molecular weight is 245 g/mol. The van der Waals surface area contributed by atoms with Crippen molar-refractivity contribution < 1.29 is 0 Å². The number of aryl methyl sites for hydroxylation is 1. The first-order valence-electron chi connectivity index (χ1n) is 6.25. The Morgan fingerprint density at radius 1 is 1.33 bits per heavy atom. The molecule has 2 heterocycles. The van der Waals surface area contributed by atoms with E-state index in [0.717, 1.165) is 24.4 Å². The van der Waals surface area contributed by atoms with Crippen LogP contribution in [0.1, 0.15) is 26.5 Å². The van der Waals surface area contributed by atoms with Gasteiger partial charge in [0.1, 0.15) is 11.5 Å². The van der Waals surface area contributed by atoms with Gasteiger partial charge in [0.2, 0.25) is 0 Å². The summed E-state index contributed by atoms with van der Waals surface area (Å²) in [6.07, 6.45) is 2.66. The van der Waals surface area contributed by atoms with Crippen LogP contribution in [0.15, 0.2) is 18.3 Å². The third-order valence-corrected chi connectivity index (χ3v) is 2.66. The van der Waals surface area contributed by atoms with Crippen molar-refractivity contribution in [1.29, 1.82) is 0 Å². The quantitative estimate of drug-likeness (QED) is 0.896. The second kappa shape index (κ2) is 5.16. The number of hydrogen-bond acceptors (Lipinski definition) is 4. The van der Waals surface area contributed by atoms with Crippen LogP contribution in [0.4, 0.5) is 5.82 Å². The molecule has 0 saturated carbocycles. The summed E-state index contributed by atoms with van der Waals surface area (Å²) in [4.78, 5) is 8.87. The van der Waals surface area contributed by atoms with E-state index in [0.29, 0.717) is 17.6 Å². The molecular weight excluding hydrogens is 226 g/mol. The molecule has 5 heteroatoms. The lowest BCUT2D eigenvalue weighted by Crippen LogP contribution is -2.06. The third kappa shape index (κ3) is 2.67. The van der Waals surface area contributed by atoms with E-state index in [2.05, 4.69) is 28.9 Å². The highest BCUT2D eigenvalue weighted by Gasteiger charge is 2.10. The van der Waals surface area contributed by atoms with Gasteiger partial charge < -0.3 is 5.73 Å². The molecule has 5 nitrogen and oxygen atoms in total. The Balaban J connectivity index is 2.42. The number of anilines is 1. The van der Waals surface area contributed by atoms with Crippen LogP contribution in [0.5, 0.6) is 0 Å². The summed E-state index contributed by atoms with van der Waals surface area (Å²) in [5, 5.41) is 4.23. The van der Waals surface area contributed by atoms with Gasteiger partial charge in [0.15, 0.2) is 5.82 Å². The Kier molecular flexibility index (Phi) is 3.60. The largest absolute Gasteiger partial charge is 0.384 e. The van der Waals surface area contributed by atoms with Crippen LogP contribution in [-0.4, -0.2) is 19.7 Å². The first-order chi connectivity index (χ1) is 8.60. The minimum atomic E-state index is 0.513. The maximum atomic E-state index is 5.85. The van der Waals surface area contributed by atoms with Gasteiger partial charge in [-0.15, -0.1) is 0 Å². The summed E-state index contributed by atoms with van der Waals surface area (Å²) >= 11 is 0. The summed E-state index contributed by atoms with van der Waals surface area (Å²) in [7, 11) is 0. The Bertz CT molecular complexity index is 530. The summed E-state index contributed by atoms with van der Waals surface area (Å²) < 4.78 is 1.87. The maximum absolute atomic E-state index is 5.85. The lowest BCUT2D eigenvalue weighted by molar-refractivity contribution is 0.632. The van der Waals surface area contributed by atoms with Gasteiger partial charge in [0, 0.05) is 24.5 Å². The van der Waals surface area contributed by atoms with Gasteiger partial charge in [-0.05, 0) is 25.3 Å². The Morgan fingerprint density at radius 3 is 2.78 bits per heavy atom. The van der Waals surface area contributed by atoms with E-state index < -0.39 is 0 Å². The second-order valence-corrected chi connectivity index (χ2v) is 4.74. The highest BCUT2D eigenvalue weighted by molar-refractivity contribution is 5.52. The molecule has 0 aliphatic heterocycles. The van der Waals surface area contributed by atoms with Gasteiger partial charge in [-0.3, -0.25) is 4.68 Å². The molecule has 2 aromatic heterocycles. The lowest BCUT2D eigenvalue weighted by atomic mass is 10.1. The SMILES string of the molecule is CCn1nccc1-c1nc(N)cc(CC(C)C)n1. The molecule has 0 spiro atoms. The van der Waals surface area contributed by atoms with Crippen LogP contribution in [0.3, 0.4) is 0 Å². The molecule has 0 aliphatic rings. The minimum Gasteiger partial charge on any atom is -0.384 e. The number of nitrogen functional groups attached to an aromatic ring is 1. The smallest absolute Gasteiger partial charge is 0.180 e. The standard InChI is InChI=1S/C13H19N5/c1-4-18-11(5-6-15-18)13-16-10(7-9(2)3)8-12(14)17-13/h5-6,8-9H,4,7H2,1-3H3,(H2,14,16,17). The molecule has 2 aromatic rings. The van der Waals surface area contributed by atoms with E-state index in [9.17, 15) is 0 Å². The van der Waals surface area contributed by atoms with E-state index in [4.69, 9.17) is 5.73 Å². The van der Waals surface area contributed by atoms with Crippen molar-refractivity contribution in [2.45, 2.75) is 33.7 Å². The van der Waals surface area contributed by atoms with Crippen molar-refractivity contribution in [2.75, 3.05) is 5.73 Å². The summed E-state index contributed by atoms with van der Waals surface area (Å²) in [5.41, 5.74) is 7.75. The van der Waals surface area contributed by atoms with Gasteiger partial charge in [0.05, 0.1) is 0 Å². The third-order valence-electron chi connectivity index (χ3n) is 2.66. The molecule has 0 bridgehead atoms. The molecule has 18 heavy (non-hydrogen) atoms. The van der Waals surface area contributed by atoms with Gasteiger partial charge >= 0.3 is 0 Å². The van der Waals surface area contributed by atoms with E-state index >= 15 is 0 Å². The predicted molar refractivity (Wildman–Crippen MR) is 71.9 cm³/mol. The molecular formula is C13H19N5. The summed E-state index contributed by atoms with van der Waals surface area (Å²) in [5.74, 6) is 1.72. The zero-order chi connectivity index (χ0) is 13.1. The van der Waals surface area contributed by atoms with Crippen molar-refractivity contribution in [3.63, 3.8) is 0 Å². The first-order valence-corrected chi connectivity index (χ1v) is 6.25. The van der Waals surface area contributed by atoms with Crippen molar-refractivity contribution in [1.82, 2.24) is 19.7 Å². The number of rotatable bonds is 4. The fraction of sp³-hybridized carbons (Fsp3) is 0.462. The molecule has 0 unspecified atom stereocenters. The summed E-state index contributed by atoms with van der Waals surface area (Å²) in [6.45, 7) is 7.15. The van der Waals surface area contributed by atoms with Crippen LogP contribution < -0.4 is 5.73 Å². The Hall–Kier alpha value is -1.91. The van der Waals surface area contributed by atoms with Crippen molar-refractivity contribution in [3.05, 3.63) is 24.0 Å². The van der Waals surface area contributed by atoms with E-state index in [1.165, 1.54) is 0 Å². The maximum Gasteiger partial charge on any atom is 0.180 e. The summed E-state index contributed by atoms with van der Waals surface area (Å²) in [6, 6.07) is 3.76. The topological polar surface area (TPSA) is 69.6 Å². The lowest BCUT2D eigenvalue weighted by Gasteiger charge is -2.08. The van der Waals surface area contributed by atoms with Crippen molar-refractivity contribution >= 4 is 5.82 Å². The molecule has 96 valence electrons. The number of nitrogens with two attached hydrogens (primary N) is 1. The highest BCUT2D eigenvalue weighted by atomic mass is 15.3. The molecule has 0 radical (unpaired) electrons. The van der Waals surface area contributed by atoms with Gasteiger partial charge in [-0.1, -0.05) is 13.8 Å². The zero-order valence-corrected chi connectivity index (χ0v) is 11.1. The monoisotopic (exact) mass is 245 g/mol. The van der Waals surface area contributed by atoms with Crippen LogP contribution in [0, 0.1) is 5.92 Å². The second-order valence-electron chi connectivity index (χ2n) is 4.74. The number of aromatic nitrogens is 4. The molecule has 0 saturated heterocycles. The van der Waals surface area contributed by atoms with Crippen LogP contribution in [-0.2, 0) is 13.0 Å². The molecule has 0 amide bonds. The van der Waals surface area contributed by atoms with Gasteiger partial charge in [-0.25, -0.2) is 9.97 Å². The minimum absolute atomic E-state index is 0.513. The van der Waals surface area contributed by atoms with E-state index in [1.54, 1.807) is 6.20 Å². The van der Waals surface area contributed by atoms with Crippen LogP contribution in [0.2, 0.25) is 0 Å². The fourth-order valence-electron chi connectivity index (χ4n) is 1.93. The number of nitrogens with zero attached hydrogens (tertiary/aromatic N) is 4. The number of hydrogen-bond donors (Lipinski definition) is 1. The molecule has 0 atom stereocenters. The molecule has 0 aromatic carbocycles. The molecule has 2 rings (SSSR count). The Morgan fingerprint density at radius 2 is 2.11 bits per heavy atom. The van der Waals surface area contributed by atoms with Gasteiger partial charge in [0.25, 0.3) is 0 Å². The average Bonchev–Trinajstić information content (AvgIpc) is 2.75. The predicted octanol–water partition coefficient (Wildman–Crippen LogP) is 2.14. The van der Waals surface area contributed by atoms with Crippen LogP contribution >= 0.6 is 0 Å². The highest BCUT2D eigenvalue weighted by Crippen LogP contribution is 2.18. The van der Waals surface area contributed by atoms with Crippen molar-refractivity contribution in [3.8, 4) is 11.5 Å². The first kappa shape index (κ1) is 12.5. The Labute approximate surface area is 107 Å². The normalized spacial score (nSPS) is 11.1. The van der Waals surface area contributed by atoms with Gasteiger partial charge in [-0.2, -0.15) is 5.10 Å². The molecule has 0 aliphatic carbocycles. The van der Waals surface area contributed by atoms with Crippen LogP contribution in [0.25, 0.3) is 11.5 Å². The molecule has 2 N–H and O–H groups in total. The van der Waals surface area contributed by atoms with E-state index in [1.807, 2.05) is 23.7 Å². The zero-order valence-electron chi connectivity index (χ0n) is 11.1. The van der Waals surface area contributed by atoms with Crippen molar-refractivity contribution in [2.24, 2.45) is 5.92 Å². The fourth-order valence-corrected chi connectivity index (χ4v) is 1.93. The van der Waals surface area contributed by atoms with E-state index in [-0.39, 0.29) is 0 Å². The molecule has 0 fully saturated rings.